The molecule has 0 saturated carbocycles. The summed E-state index contributed by atoms with van der Waals surface area (Å²) >= 11 is 0. The zero-order valence-corrected chi connectivity index (χ0v) is 10.2. The number of benzene rings is 1. The van der Waals surface area contributed by atoms with Gasteiger partial charge in [-0.25, -0.2) is 4.79 Å². The Hall–Kier alpha value is -2.25. The molecule has 0 atom stereocenters. The quantitative estimate of drug-likeness (QED) is 0.860. The minimum absolute atomic E-state index is 0.278. The van der Waals surface area contributed by atoms with E-state index in [-0.39, 0.29) is 25.6 Å². The number of carbonyl (C=O) groups is 2. The number of rotatable bonds is 3. The maximum atomic E-state index is 12.4. The summed E-state index contributed by atoms with van der Waals surface area (Å²) in [5.41, 5.74) is -0.745. The number of hydrogen-bond acceptors (Lipinski definition) is 3. The molecule has 1 fully saturated rings. The Balaban J connectivity index is 1.84. The number of alkyl halides is 3. The second-order valence-electron chi connectivity index (χ2n) is 4.23. The molecule has 108 valence electrons. The highest BCUT2D eigenvalue weighted by Gasteiger charge is 2.33. The van der Waals surface area contributed by atoms with Gasteiger partial charge < -0.3 is 9.64 Å². The van der Waals surface area contributed by atoms with E-state index < -0.39 is 17.8 Å². The third-order valence-corrected chi connectivity index (χ3v) is 2.80. The van der Waals surface area contributed by atoms with Crippen LogP contribution in [0.5, 0.6) is 5.75 Å². The van der Waals surface area contributed by atoms with E-state index in [4.69, 9.17) is 4.74 Å². The Labute approximate surface area is 112 Å². The summed E-state index contributed by atoms with van der Waals surface area (Å²) < 4.78 is 42.5. The minimum Gasteiger partial charge on any atom is -0.487 e. The topological polar surface area (TPSA) is 58.6 Å². The molecule has 5 nitrogen and oxygen atoms in total. The highest BCUT2D eigenvalue weighted by molar-refractivity contribution is 5.85. The van der Waals surface area contributed by atoms with Crippen LogP contribution in [0.25, 0.3) is 0 Å². The molecule has 1 N–H and O–H groups in total. The van der Waals surface area contributed by atoms with Crippen molar-refractivity contribution in [2.24, 2.45) is 0 Å². The third kappa shape index (κ3) is 3.19. The first-order chi connectivity index (χ1) is 9.40. The summed E-state index contributed by atoms with van der Waals surface area (Å²) in [6.45, 7) is 0.557. The molecule has 1 aromatic rings. The number of urea groups is 1. The van der Waals surface area contributed by atoms with Crippen molar-refractivity contribution < 1.29 is 27.5 Å². The van der Waals surface area contributed by atoms with Gasteiger partial charge in [-0.15, -0.1) is 0 Å². The lowest BCUT2D eigenvalue weighted by atomic mass is 10.1. The van der Waals surface area contributed by atoms with Crippen LogP contribution in [0, 0.1) is 0 Å². The lowest BCUT2D eigenvalue weighted by Gasteiger charge is -2.38. The van der Waals surface area contributed by atoms with Crippen molar-refractivity contribution in [2.45, 2.75) is 12.3 Å². The highest BCUT2D eigenvalue weighted by atomic mass is 19.4. The monoisotopic (exact) mass is 288 g/mol. The summed E-state index contributed by atoms with van der Waals surface area (Å²) in [6.07, 6.45) is -4.38. The van der Waals surface area contributed by atoms with Crippen molar-refractivity contribution in [2.75, 3.05) is 13.1 Å². The molecule has 1 aliphatic rings. The standard InChI is InChI=1S/C12H11F3N2O3/c13-12(14,15)8-1-3-9(4-2-8)20-10-5-17(6-10)11(19)16-7-18/h1-4,7,10H,5-6H2,(H,16,18,19). The zero-order valence-electron chi connectivity index (χ0n) is 10.2. The molecule has 3 amide bonds. The van der Waals surface area contributed by atoms with Crippen molar-refractivity contribution in [3.05, 3.63) is 29.8 Å². The first-order valence-electron chi connectivity index (χ1n) is 5.73. The molecular weight excluding hydrogens is 277 g/mol. The van der Waals surface area contributed by atoms with Gasteiger partial charge >= 0.3 is 12.2 Å². The summed E-state index contributed by atoms with van der Waals surface area (Å²) in [5.74, 6) is 0.304. The Bertz CT molecular complexity index is 496. The van der Waals surface area contributed by atoms with Crippen molar-refractivity contribution in [3.63, 3.8) is 0 Å². The first kappa shape index (κ1) is 14.2. The van der Waals surface area contributed by atoms with Crippen LogP contribution in [-0.4, -0.2) is 36.5 Å². The Morgan fingerprint density at radius 3 is 2.40 bits per heavy atom. The van der Waals surface area contributed by atoms with E-state index >= 15 is 0 Å². The van der Waals surface area contributed by atoms with E-state index in [2.05, 4.69) is 0 Å². The van der Waals surface area contributed by atoms with Crippen LogP contribution < -0.4 is 10.1 Å². The molecule has 0 radical (unpaired) electrons. The van der Waals surface area contributed by atoms with Crippen LogP contribution in [0.3, 0.4) is 0 Å². The molecule has 0 aromatic heterocycles. The van der Waals surface area contributed by atoms with E-state index in [1.807, 2.05) is 5.32 Å². The van der Waals surface area contributed by atoms with Gasteiger partial charge in [0, 0.05) is 0 Å². The van der Waals surface area contributed by atoms with E-state index in [0.717, 1.165) is 12.1 Å². The Kier molecular flexibility index (Phi) is 3.82. The van der Waals surface area contributed by atoms with Gasteiger partial charge in [0.25, 0.3) is 0 Å². The molecule has 1 saturated heterocycles. The van der Waals surface area contributed by atoms with Crippen LogP contribution >= 0.6 is 0 Å². The lowest BCUT2D eigenvalue weighted by Crippen LogP contribution is -2.58. The molecule has 20 heavy (non-hydrogen) atoms. The summed E-state index contributed by atoms with van der Waals surface area (Å²) in [6, 6.07) is 3.82. The van der Waals surface area contributed by atoms with Gasteiger partial charge in [-0.3, -0.25) is 10.1 Å². The van der Waals surface area contributed by atoms with E-state index in [9.17, 15) is 22.8 Å². The maximum absolute atomic E-state index is 12.4. The van der Waals surface area contributed by atoms with Gasteiger partial charge in [-0.2, -0.15) is 13.2 Å². The smallest absolute Gasteiger partial charge is 0.416 e. The summed E-state index contributed by atoms with van der Waals surface area (Å²) in [4.78, 5) is 22.6. The van der Waals surface area contributed by atoms with Crippen molar-refractivity contribution in [1.82, 2.24) is 10.2 Å². The van der Waals surface area contributed by atoms with Crippen molar-refractivity contribution >= 4 is 12.4 Å². The number of nitrogens with one attached hydrogen (secondary N) is 1. The number of nitrogens with zero attached hydrogens (tertiary/aromatic N) is 1. The van der Waals surface area contributed by atoms with Gasteiger partial charge in [0.05, 0.1) is 18.7 Å². The Morgan fingerprint density at radius 1 is 1.30 bits per heavy atom. The lowest BCUT2D eigenvalue weighted by molar-refractivity contribution is -0.137. The number of imide groups is 1. The summed E-state index contributed by atoms with van der Waals surface area (Å²) in [7, 11) is 0. The van der Waals surface area contributed by atoms with Gasteiger partial charge in [0.2, 0.25) is 6.41 Å². The van der Waals surface area contributed by atoms with Crippen LogP contribution in [0.2, 0.25) is 0 Å². The molecular formula is C12H11F3N2O3. The van der Waals surface area contributed by atoms with Crippen molar-refractivity contribution in [1.29, 1.82) is 0 Å². The second kappa shape index (κ2) is 5.40. The van der Waals surface area contributed by atoms with Crippen molar-refractivity contribution in [3.8, 4) is 5.75 Å². The SMILES string of the molecule is O=CNC(=O)N1CC(Oc2ccc(C(F)(F)F)cc2)C1. The zero-order chi connectivity index (χ0) is 14.8. The van der Waals surface area contributed by atoms with E-state index in [1.54, 1.807) is 0 Å². The average Bonchev–Trinajstić information content (AvgIpc) is 2.33. The number of amides is 3. The molecule has 1 aromatic carbocycles. The van der Waals surface area contributed by atoms with E-state index in [1.165, 1.54) is 17.0 Å². The van der Waals surface area contributed by atoms with Gasteiger partial charge in [-0.1, -0.05) is 0 Å². The number of hydrogen-bond donors (Lipinski definition) is 1. The fraction of sp³-hybridized carbons (Fsp3) is 0.333. The van der Waals surface area contributed by atoms with Gasteiger partial charge in [0.1, 0.15) is 11.9 Å². The third-order valence-electron chi connectivity index (χ3n) is 2.80. The fourth-order valence-corrected chi connectivity index (χ4v) is 1.74. The molecule has 2 rings (SSSR count). The largest absolute Gasteiger partial charge is 0.487 e. The fourth-order valence-electron chi connectivity index (χ4n) is 1.74. The minimum atomic E-state index is -4.38. The highest BCUT2D eigenvalue weighted by Crippen LogP contribution is 2.30. The Morgan fingerprint density at radius 2 is 1.90 bits per heavy atom. The number of halogens is 3. The van der Waals surface area contributed by atoms with Crippen LogP contribution in [0.15, 0.2) is 24.3 Å². The molecule has 0 aliphatic carbocycles. The number of carbonyl (C=O) groups excluding carboxylic acids is 2. The molecule has 0 unspecified atom stereocenters. The summed E-state index contributed by atoms with van der Waals surface area (Å²) in [5, 5.41) is 1.98. The van der Waals surface area contributed by atoms with Gasteiger partial charge in [0.15, 0.2) is 0 Å². The molecule has 1 heterocycles. The number of likely N-dealkylation sites (tertiary alicyclic amines) is 1. The number of ether oxygens (including phenoxy) is 1. The van der Waals surface area contributed by atoms with Crippen LogP contribution in [0.1, 0.15) is 5.56 Å². The molecule has 8 heteroatoms. The molecule has 0 bridgehead atoms. The molecule has 0 spiro atoms. The van der Waals surface area contributed by atoms with E-state index in [0.29, 0.717) is 5.75 Å². The normalized spacial score (nSPS) is 15.4. The molecule has 1 aliphatic heterocycles. The second-order valence-corrected chi connectivity index (χ2v) is 4.23. The first-order valence-corrected chi connectivity index (χ1v) is 5.73. The van der Waals surface area contributed by atoms with Crippen LogP contribution in [-0.2, 0) is 11.0 Å². The average molecular weight is 288 g/mol. The maximum Gasteiger partial charge on any atom is 0.416 e. The van der Waals surface area contributed by atoms with Gasteiger partial charge in [-0.05, 0) is 24.3 Å². The predicted molar refractivity (Wildman–Crippen MR) is 62.0 cm³/mol. The van der Waals surface area contributed by atoms with Crippen LogP contribution in [0.4, 0.5) is 18.0 Å². The predicted octanol–water partition coefficient (Wildman–Crippen LogP) is 1.63.